The monoisotopic (exact) mass is 1170 g/mol. The van der Waals surface area contributed by atoms with E-state index in [1.807, 2.05) is 147 Å². The van der Waals surface area contributed by atoms with E-state index in [1.54, 1.807) is 18.2 Å². The third-order valence-corrected chi connectivity index (χ3v) is 13.5. The molecule has 14 nitrogen and oxygen atoms in total. The molecule has 4 aromatic rings. The van der Waals surface area contributed by atoms with Gasteiger partial charge >= 0.3 is 23.9 Å². The molecule has 5 unspecified atom stereocenters. The van der Waals surface area contributed by atoms with E-state index >= 15 is 0 Å². The van der Waals surface area contributed by atoms with Crippen LogP contribution >= 0.6 is 46.4 Å². The molecule has 4 aromatic carbocycles. The minimum Gasteiger partial charge on any atom is -0.466 e. The van der Waals surface area contributed by atoms with Crippen molar-refractivity contribution in [2.75, 3.05) is 26.7 Å². The highest BCUT2D eigenvalue weighted by Crippen LogP contribution is 2.37. The first-order chi connectivity index (χ1) is 36.9. The fourth-order valence-corrected chi connectivity index (χ4v) is 9.52. The van der Waals surface area contributed by atoms with E-state index in [9.17, 15) is 33.6 Å². The topological polar surface area (TPSA) is 192 Å². The average Bonchev–Trinajstić information content (AvgIpc) is 3.37. The number of amides is 3. The summed E-state index contributed by atoms with van der Waals surface area (Å²) in [4.78, 5) is 82.1. The number of piperidine rings is 3. The van der Waals surface area contributed by atoms with Gasteiger partial charge in [-0.2, -0.15) is 0 Å². The van der Waals surface area contributed by atoms with Gasteiger partial charge in [-0.15, -0.1) is 0 Å². The first-order valence-electron chi connectivity index (χ1n) is 26.2. The lowest BCUT2D eigenvalue weighted by molar-refractivity contribution is -0.157. The fourth-order valence-electron chi connectivity index (χ4n) is 9.02. The van der Waals surface area contributed by atoms with Crippen LogP contribution in [0.25, 0.3) is 6.08 Å². The van der Waals surface area contributed by atoms with Crippen LogP contribution in [-0.4, -0.2) is 85.1 Å². The smallest absolute Gasteiger partial charge is 0.330 e. The summed E-state index contributed by atoms with van der Waals surface area (Å²) in [5.41, 5.74) is 2.53. The highest BCUT2D eigenvalue weighted by molar-refractivity contribution is 6.31. The second-order valence-electron chi connectivity index (χ2n) is 22.6. The van der Waals surface area contributed by atoms with Gasteiger partial charge in [-0.1, -0.05) is 94.9 Å². The molecule has 3 fully saturated rings. The molecule has 0 aliphatic carbocycles. The van der Waals surface area contributed by atoms with Crippen molar-refractivity contribution in [3.05, 3.63) is 145 Å². The van der Waals surface area contributed by atoms with Crippen LogP contribution in [0, 0.1) is 17.8 Å². The summed E-state index contributed by atoms with van der Waals surface area (Å²) in [7, 11) is 1.34. The van der Waals surface area contributed by atoms with Gasteiger partial charge < -0.3 is 34.9 Å². The highest BCUT2D eigenvalue weighted by Gasteiger charge is 2.36. The number of carbonyl (C=O) groups is 7. The number of esters is 4. The van der Waals surface area contributed by atoms with E-state index in [0.29, 0.717) is 78.2 Å². The number of hydrogen-bond acceptors (Lipinski definition) is 11. The van der Waals surface area contributed by atoms with Gasteiger partial charge in [-0.05, 0) is 175 Å². The Morgan fingerprint density at radius 1 is 0.456 bits per heavy atom. The van der Waals surface area contributed by atoms with Crippen molar-refractivity contribution in [3.63, 3.8) is 0 Å². The minimum absolute atomic E-state index is 0.0125. The molecule has 0 aromatic heterocycles. The number of ether oxygens (including phenoxy) is 4. The quantitative estimate of drug-likeness (QED) is 0.0735. The lowest BCUT2D eigenvalue weighted by atomic mass is 9.79. The summed E-state index contributed by atoms with van der Waals surface area (Å²) in [6.07, 6.45) is 5.07. The first kappa shape index (κ1) is 65.6. The zero-order valence-electron chi connectivity index (χ0n) is 46.7. The summed E-state index contributed by atoms with van der Waals surface area (Å²) < 4.78 is 20.6. The van der Waals surface area contributed by atoms with E-state index in [4.69, 9.17) is 60.6 Å². The summed E-state index contributed by atoms with van der Waals surface area (Å²) >= 11 is 23.4. The molecule has 0 radical (unpaired) electrons. The Morgan fingerprint density at radius 3 is 0.949 bits per heavy atom. The number of methoxy groups -OCH3 is 1. The third kappa shape index (κ3) is 25.0. The Hall–Kier alpha value is -5.93. The molecule has 3 amide bonds. The second-order valence-corrected chi connectivity index (χ2v) is 24.3. The number of rotatable bonds is 11. The van der Waals surface area contributed by atoms with Crippen molar-refractivity contribution in [1.82, 2.24) is 16.0 Å². The largest absolute Gasteiger partial charge is 0.466 e. The molecule has 0 saturated carbocycles. The predicted molar refractivity (Wildman–Crippen MR) is 310 cm³/mol. The molecule has 79 heavy (non-hydrogen) atoms. The Kier molecular flexibility index (Phi) is 25.4. The molecule has 0 bridgehead atoms. The molecule has 3 aliphatic heterocycles. The third-order valence-electron chi connectivity index (χ3n) is 12.5. The summed E-state index contributed by atoms with van der Waals surface area (Å²) in [6, 6.07) is 29.6. The van der Waals surface area contributed by atoms with E-state index < -0.39 is 16.8 Å². The molecular formula is C61H75Cl4N3O11. The van der Waals surface area contributed by atoms with Crippen molar-refractivity contribution < 1.29 is 52.5 Å². The van der Waals surface area contributed by atoms with Gasteiger partial charge in [-0.25, -0.2) is 4.79 Å². The Balaban J connectivity index is 0.000000231. The standard InChI is InChI=1S/3C17H22ClNO3.C10H9ClO2/c3*1-17(2,3)22-16(21)8-12-10-19-15(20)9-14(12)11-4-6-13(18)7-5-11;1-13-10(12)7-4-8-2-5-9(11)6-3-8/h3*4-7,12,14H,8-10H2,1-3H3,(H,19,20);2-7H,1H3/b;;;7-4+/t12-,14?;;;/m1.../s1. The van der Waals surface area contributed by atoms with Crippen LogP contribution in [0.1, 0.15) is 141 Å². The second kappa shape index (κ2) is 30.6. The van der Waals surface area contributed by atoms with Crippen molar-refractivity contribution in [2.45, 2.75) is 135 Å². The number of nitrogens with one attached hydrogen (secondary N) is 3. The van der Waals surface area contributed by atoms with Gasteiger partial charge in [0.1, 0.15) is 16.8 Å². The van der Waals surface area contributed by atoms with Crippen LogP contribution in [0.5, 0.6) is 0 Å². The van der Waals surface area contributed by atoms with Crippen LogP contribution < -0.4 is 16.0 Å². The van der Waals surface area contributed by atoms with Crippen LogP contribution in [0.4, 0.5) is 0 Å². The van der Waals surface area contributed by atoms with Gasteiger partial charge in [0.2, 0.25) is 17.7 Å². The van der Waals surface area contributed by atoms with Gasteiger partial charge in [0.05, 0.1) is 26.4 Å². The van der Waals surface area contributed by atoms with Gasteiger partial charge in [-0.3, -0.25) is 28.8 Å². The number of carbonyl (C=O) groups excluding carboxylic acids is 7. The normalized spacial score (nSPS) is 20.2. The van der Waals surface area contributed by atoms with Crippen molar-refractivity contribution in [3.8, 4) is 0 Å². The zero-order valence-corrected chi connectivity index (χ0v) is 49.7. The van der Waals surface area contributed by atoms with E-state index in [-0.39, 0.29) is 77.1 Å². The molecule has 7 rings (SSSR count). The lowest BCUT2D eigenvalue weighted by Gasteiger charge is -2.32. The van der Waals surface area contributed by atoms with Gasteiger partial charge in [0.25, 0.3) is 0 Å². The zero-order chi connectivity index (χ0) is 58.7. The minimum atomic E-state index is -0.495. The van der Waals surface area contributed by atoms with Crippen LogP contribution in [0.3, 0.4) is 0 Å². The summed E-state index contributed by atoms with van der Waals surface area (Å²) in [5, 5.41) is 11.2. The average molecular weight is 1170 g/mol. The van der Waals surface area contributed by atoms with Gasteiger partial charge in [0, 0.05) is 65.1 Å². The fraction of sp³-hybridized carbons (Fsp3) is 0.459. The molecule has 3 heterocycles. The van der Waals surface area contributed by atoms with Crippen LogP contribution in [0.15, 0.2) is 103 Å². The molecule has 3 aliphatic rings. The number of benzene rings is 4. The lowest BCUT2D eigenvalue weighted by Crippen LogP contribution is -2.41. The maximum Gasteiger partial charge on any atom is 0.330 e. The number of hydrogen-bond donors (Lipinski definition) is 3. The number of halogens is 4. The van der Waals surface area contributed by atoms with E-state index in [2.05, 4.69) is 20.7 Å². The molecule has 3 N–H and O–H groups in total. The highest BCUT2D eigenvalue weighted by atomic mass is 35.5. The molecule has 18 heteroatoms. The molecular weight excluding hydrogens is 1090 g/mol. The SMILES string of the molecule is CC(C)(C)OC(=O)CC1CNC(=O)CC1c1ccc(Cl)cc1.CC(C)(C)OC(=O)CC1CNC(=O)CC1c1ccc(Cl)cc1.CC(C)(C)OC(=O)C[C@@H]1CNC(=O)CC1c1ccc(Cl)cc1.COC(=O)/C=C/c1ccc(Cl)cc1. The molecule has 428 valence electrons. The van der Waals surface area contributed by atoms with Crippen LogP contribution in [0.2, 0.25) is 20.1 Å². The first-order valence-corrected chi connectivity index (χ1v) is 27.7. The Labute approximate surface area is 485 Å². The molecule has 0 spiro atoms. The van der Waals surface area contributed by atoms with E-state index in [1.165, 1.54) is 13.2 Å². The van der Waals surface area contributed by atoms with Crippen LogP contribution in [-0.2, 0) is 52.5 Å². The molecule has 6 atom stereocenters. The van der Waals surface area contributed by atoms with Gasteiger partial charge in [0.15, 0.2) is 0 Å². The maximum absolute atomic E-state index is 12.1. The van der Waals surface area contributed by atoms with Crippen molar-refractivity contribution >= 4 is 94.1 Å². The van der Waals surface area contributed by atoms with Crippen molar-refractivity contribution in [1.29, 1.82) is 0 Å². The predicted octanol–water partition coefficient (Wildman–Crippen LogP) is 12.4. The maximum atomic E-state index is 12.1. The summed E-state index contributed by atoms with van der Waals surface area (Å²) in [5.74, 6) is -0.865. The Morgan fingerprint density at radius 2 is 0.709 bits per heavy atom. The Bertz CT molecular complexity index is 2450. The van der Waals surface area contributed by atoms with Crippen molar-refractivity contribution in [2.24, 2.45) is 17.8 Å². The molecule has 3 saturated heterocycles. The summed E-state index contributed by atoms with van der Waals surface area (Å²) in [6.45, 7) is 18.1. The van der Waals surface area contributed by atoms with E-state index in [0.717, 1.165) is 22.3 Å².